The summed E-state index contributed by atoms with van der Waals surface area (Å²) in [7, 11) is 0. The highest BCUT2D eigenvalue weighted by molar-refractivity contribution is 9.10. The minimum Gasteiger partial charge on any atom is -0.423 e. The highest BCUT2D eigenvalue weighted by atomic mass is 79.9. The number of carbonyl (C=O) groups excluding carboxylic acids is 1. The molecule has 0 saturated heterocycles. The summed E-state index contributed by atoms with van der Waals surface area (Å²) in [6.07, 6.45) is 3.27. The molecule has 1 aliphatic carbocycles. The molecule has 2 aromatic carbocycles. The van der Waals surface area contributed by atoms with Crippen LogP contribution in [0.1, 0.15) is 41.6 Å². The Morgan fingerprint density at radius 3 is 2.66 bits per heavy atom. The summed E-state index contributed by atoms with van der Waals surface area (Å²) in [4.78, 5) is 24.3. The Hall–Kier alpha value is -2.05. The molecule has 4 nitrogen and oxygen atoms in total. The third kappa shape index (κ3) is 4.75. The van der Waals surface area contributed by atoms with Crippen molar-refractivity contribution < 1.29 is 9.21 Å². The second kappa shape index (κ2) is 8.76. The molecule has 0 bridgehead atoms. The summed E-state index contributed by atoms with van der Waals surface area (Å²) in [5, 5.41) is 4.02. The quantitative estimate of drug-likeness (QED) is 0.504. The van der Waals surface area contributed by atoms with Gasteiger partial charge < -0.3 is 9.73 Å². The van der Waals surface area contributed by atoms with Gasteiger partial charge in [0, 0.05) is 21.7 Å². The minimum atomic E-state index is -0.334. The molecule has 0 spiro atoms. The number of benzene rings is 2. The molecule has 1 aromatic heterocycles. The van der Waals surface area contributed by atoms with E-state index >= 15 is 0 Å². The maximum absolute atomic E-state index is 12.3. The number of amides is 1. The molecule has 1 amide bonds. The fraction of sp³-hybridized carbons (Fsp3) is 0.304. The second-order valence-electron chi connectivity index (χ2n) is 7.39. The van der Waals surface area contributed by atoms with Crippen molar-refractivity contribution in [2.75, 3.05) is 5.75 Å². The van der Waals surface area contributed by atoms with E-state index in [9.17, 15) is 9.59 Å². The Balaban J connectivity index is 1.40. The average molecular weight is 472 g/mol. The van der Waals surface area contributed by atoms with Gasteiger partial charge in [0.05, 0.1) is 11.8 Å². The number of halogens is 1. The SMILES string of the molecule is CC(NC(=O)CSCc1cc(=O)oc2cc3c(cc12)CCC3)c1ccc(Br)cc1. The molecule has 0 radical (unpaired) electrons. The van der Waals surface area contributed by atoms with Crippen molar-refractivity contribution in [3.8, 4) is 0 Å². The molecule has 0 aliphatic heterocycles. The van der Waals surface area contributed by atoms with Crippen molar-refractivity contribution in [1.29, 1.82) is 0 Å². The highest BCUT2D eigenvalue weighted by Crippen LogP contribution is 2.29. The molecule has 1 aliphatic rings. The van der Waals surface area contributed by atoms with Crippen molar-refractivity contribution in [2.24, 2.45) is 0 Å². The normalized spacial score (nSPS) is 14.0. The highest BCUT2D eigenvalue weighted by Gasteiger charge is 2.16. The van der Waals surface area contributed by atoms with Gasteiger partial charge in [0.25, 0.3) is 0 Å². The first-order valence-electron chi connectivity index (χ1n) is 9.71. The zero-order valence-corrected chi connectivity index (χ0v) is 18.6. The molecule has 29 heavy (non-hydrogen) atoms. The second-order valence-corrected chi connectivity index (χ2v) is 9.30. The average Bonchev–Trinajstić information content (AvgIpc) is 3.14. The van der Waals surface area contributed by atoms with Gasteiger partial charge in [-0.1, -0.05) is 28.1 Å². The standard InChI is InChI=1S/C23H22BrNO3S/c1-14(15-5-7-19(24)8-6-15)25-22(26)13-29-12-18-11-23(27)28-21-10-17-4-2-3-16(17)9-20(18)21/h5-11,14H,2-4,12-13H2,1H3,(H,25,26). The van der Waals surface area contributed by atoms with E-state index in [-0.39, 0.29) is 17.6 Å². The fourth-order valence-corrected chi connectivity index (χ4v) is 4.88. The van der Waals surface area contributed by atoms with Crippen LogP contribution in [0.3, 0.4) is 0 Å². The molecule has 4 rings (SSSR count). The lowest BCUT2D eigenvalue weighted by atomic mass is 10.0. The Morgan fingerprint density at radius 1 is 1.17 bits per heavy atom. The van der Waals surface area contributed by atoms with Gasteiger partial charge >= 0.3 is 5.63 Å². The van der Waals surface area contributed by atoms with Crippen LogP contribution in [0.4, 0.5) is 0 Å². The van der Waals surface area contributed by atoms with E-state index in [1.807, 2.05) is 37.3 Å². The first-order chi connectivity index (χ1) is 14.0. The number of hydrogen-bond donors (Lipinski definition) is 1. The number of thioether (sulfide) groups is 1. The van der Waals surface area contributed by atoms with Crippen LogP contribution in [0.15, 0.2) is 56.1 Å². The van der Waals surface area contributed by atoms with Crippen molar-refractivity contribution in [3.63, 3.8) is 0 Å². The first kappa shape index (κ1) is 20.2. The minimum absolute atomic E-state index is 0.0152. The van der Waals surface area contributed by atoms with Crippen LogP contribution in [-0.4, -0.2) is 11.7 Å². The van der Waals surface area contributed by atoms with Crippen LogP contribution in [0.5, 0.6) is 0 Å². The van der Waals surface area contributed by atoms with Crippen molar-refractivity contribution in [3.05, 3.63) is 79.6 Å². The van der Waals surface area contributed by atoms with Crippen LogP contribution >= 0.6 is 27.7 Å². The molecule has 1 unspecified atom stereocenters. The van der Waals surface area contributed by atoms with E-state index in [1.165, 1.54) is 22.9 Å². The van der Waals surface area contributed by atoms with Crippen LogP contribution in [0.2, 0.25) is 0 Å². The summed E-state index contributed by atoms with van der Waals surface area (Å²) in [6, 6.07) is 13.6. The number of carbonyl (C=O) groups is 1. The van der Waals surface area contributed by atoms with E-state index in [4.69, 9.17) is 4.42 Å². The third-order valence-corrected chi connectivity index (χ3v) is 6.79. The Labute approximate surface area is 182 Å². The van der Waals surface area contributed by atoms with Gasteiger partial charge in [0.2, 0.25) is 5.91 Å². The van der Waals surface area contributed by atoms with E-state index in [0.717, 1.165) is 40.2 Å². The van der Waals surface area contributed by atoms with Crippen LogP contribution in [0.25, 0.3) is 11.0 Å². The summed E-state index contributed by atoms with van der Waals surface area (Å²) in [6.45, 7) is 1.97. The smallest absolute Gasteiger partial charge is 0.336 e. The van der Waals surface area contributed by atoms with Crippen molar-refractivity contribution >= 4 is 44.6 Å². The first-order valence-corrected chi connectivity index (χ1v) is 11.7. The van der Waals surface area contributed by atoms with Crippen LogP contribution in [-0.2, 0) is 23.4 Å². The number of fused-ring (bicyclic) bond motifs is 2. The Morgan fingerprint density at radius 2 is 1.90 bits per heavy atom. The van der Waals surface area contributed by atoms with E-state index in [2.05, 4.69) is 27.3 Å². The molecule has 1 heterocycles. The van der Waals surface area contributed by atoms with E-state index in [0.29, 0.717) is 17.1 Å². The monoisotopic (exact) mass is 471 g/mol. The predicted molar refractivity (Wildman–Crippen MR) is 121 cm³/mol. The van der Waals surface area contributed by atoms with Crippen LogP contribution in [0, 0.1) is 0 Å². The lowest BCUT2D eigenvalue weighted by molar-refractivity contribution is -0.119. The van der Waals surface area contributed by atoms with Crippen LogP contribution < -0.4 is 10.9 Å². The van der Waals surface area contributed by atoms with Gasteiger partial charge in [-0.25, -0.2) is 4.79 Å². The fourth-order valence-electron chi connectivity index (χ4n) is 3.79. The number of rotatable bonds is 6. The Kier molecular flexibility index (Phi) is 6.11. The summed E-state index contributed by atoms with van der Waals surface area (Å²) < 4.78 is 6.43. The molecule has 150 valence electrons. The molecular weight excluding hydrogens is 450 g/mol. The van der Waals surface area contributed by atoms with Gasteiger partial charge in [0.15, 0.2) is 0 Å². The Bertz CT molecular complexity index is 1110. The van der Waals surface area contributed by atoms with Gasteiger partial charge in [0.1, 0.15) is 5.58 Å². The summed E-state index contributed by atoms with van der Waals surface area (Å²) in [5.41, 5.74) is 4.95. The van der Waals surface area contributed by atoms with Crippen molar-refractivity contribution in [2.45, 2.75) is 38.0 Å². The van der Waals surface area contributed by atoms with Gasteiger partial charge in [-0.2, -0.15) is 0 Å². The molecule has 1 N–H and O–H groups in total. The summed E-state index contributed by atoms with van der Waals surface area (Å²) in [5.74, 6) is 0.924. The molecule has 3 aromatic rings. The van der Waals surface area contributed by atoms with Gasteiger partial charge in [-0.15, -0.1) is 11.8 Å². The lowest BCUT2D eigenvalue weighted by Gasteiger charge is -2.14. The summed E-state index contributed by atoms with van der Waals surface area (Å²) >= 11 is 4.93. The third-order valence-electron chi connectivity index (χ3n) is 5.28. The van der Waals surface area contributed by atoms with E-state index < -0.39 is 0 Å². The maximum Gasteiger partial charge on any atom is 0.336 e. The van der Waals surface area contributed by atoms with E-state index in [1.54, 1.807) is 6.07 Å². The lowest BCUT2D eigenvalue weighted by Crippen LogP contribution is -2.28. The molecule has 0 saturated carbocycles. The predicted octanol–water partition coefficient (Wildman–Crippen LogP) is 5.15. The molecule has 1 atom stereocenters. The molecule has 6 heteroatoms. The number of nitrogens with one attached hydrogen (secondary N) is 1. The largest absolute Gasteiger partial charge is 0.423 e. The van der Waals surface area contributed by atoms with Gasteiger partial charge in [-0.3, -0.25) is 4.79 Å². The maximum atomic E-state index is 12.3. The van der Waals surface area contributed by atoms with Gasteiger partial charge in [-0.05, 0) is 72.7 Å². The zero-order valence-electron chi connectivity index (χ0n) is 16.2. The zero-order chi connectivity index (χ0) is 20.4. The van der Waals surface area contributed by atoms with Crippen molar-refractivity contribution in [1.82, 2.24) is 5.32 Å². The molecule has 0 fully saturated rings. The topological polar surface area (TPSA) is 59.3 Å². The number of aryl methyl sites for hydroxylation is 2. The number of hydrogen-bond acceptors (Lipinski definition) is 4. The molecular formula is C23H22BrNO3S.